The highest BCUT2D eigenvalue weighted by Crippen LogP contribution is 2.44. The molecular formula is C24H21Cl2NO6. The molecule has 0 aromatic heterocycles. The number of ether oxygens (including phenoxy) is 3. The predicted molar refractivity (Wildman–Crippen MR) is 122 cm³/mol. The maximum absolute atomic E-state index is 13.2. The van der Waals surface area contributed by atoms with Crippen LogP contribution in [0.3, 0.4) is 0 Å². The minimum Gasteiger partial charge on any atom is -0.507 e. The van der Waals surface area contributed by atoms with Crippen molar-refractivity contribution in [2.75, 3.05) is 26.4 Å². The Bertz CT molecular complexity index is 1160. The number of carbonyl (C=O) groups is 2. The van der Waals surface area contributed by atoms with Crippen LogP contribution in [0.2, 0.25) is 10.0 Å². The number of ketones is 1. The molecule has 0 saturated carbocycles. The fraction of sp³-hybridized carbons (Fsp3) is 0.333. The lowest BCUT2D eigenvalue weighted by Crippen LogP contribution is -2.36. The molecule has 0 bridgehead atoms. The second-order valence-corrected chi connectivity index (χ2v) is 8.95. The molecular weight excluding hydrogens is 469 g/mol. The number of amides is 1. The highest BCUT2D eigenvalue weighted by Gasteiger charge is 2.47. The van der Waals surface area contributed by atoms with E-state index in [1.54, 1.807) is 36.4 Å². The summed E-state index contributed by atoms with van der Waals surface area (Å²) in [5.74, 6) is -0.790. The van der Waals surface area contributed by atoms with Gasteiger partial charge in [-0.15, -0.1) is 0 Å². The van der Waals surface area contributed by atoms with E-state index in [0.717, 1.165) is 12.8 Å². The number of likely N-dealkylation sites (tertiary alicyclic amines) is 1. The van der Waals surface area contributed by atoms with Crippen LogP contribution in [0.5, 0.6) is 11.5 Å². The van der Waals surface area contributed by atoms with E-state index in [4.69, 9.17) is 37.4 Å². The minimum absolute atomic E-state index is 0.0427. The molecule has 9 heteroatoms. The summed E-state index contributed by atoms with van der Waals surface area (Å²) in [6, 6.07) is 8.85. The van der Waals surface area contributed by atoms with Crippen LogP contribution in [0, 0.1) is 0 Å². The van der Waals surface area contributed by atoms with Crippen LogP contribution in [0.1, 0.15) is 30.0 Å². The minimum atomic E-state index is -0.882. The van der Waals surface area contributed by atoms with Gasteiger partial charge in [-0.05, 0) is 48.7 Å². The second-order valence-electron chi connectivity index (χ2n) is 8.11. The highest BCUT2D eigenvalue weighted by molar-refractivity contribution is 6.47. The third-order valence-corrected chi connectivity index (χ3v) is 6.60. The number of fused-ring (bicyclic) bond motifs is 1. The molecule has 33 heavy (non-hydrogen) atoms. The average molecular weight is 490 g/mol. The van der Waals surface area contributed by atoms with E-state index in [-0.39, 0.29) is 24.0 Å². The zero-order chi connectivity index (χ0) is 23.1. The normalized spacial score (nSPS) is 23.9. The van der Waals surface area contributed by atoms with Crippen LogP contribution in [-0.4, -0.2) is 54.2 Å². The zero-order valence-corrected chi connectivity index (χ0v) is 19.1. The number of halogens is 2. The number of nitrogens with zero attached hydrogens (tertiary/aromatic N) is 1. The molecule has 2 aromatic rings. The number of carbonyl (C=O) groups excluding carboxylic acids is 2. The Hall–Kier alpha value is -2.74. The van der Waals surface area contributed by atoms with Crippen molar-refractivity contribution in [3.63, 3.8) is 0 Å². The van der Waals surface area contributed by atoms with E-state index < -0.39 is 17.7 Å². The van der Waals surface area contributed by atoms with Gasteiger partial charge in [0.2, 0.25) is 0 Å². The number of benzene rings is 2. The summed E-state index contributed by atoms with van der Waals surface area (Å²) in [7, 11) is 0. The van der Waals surface area contributed by atoms with E-state index in [1.807, 2.05) is 0 Å². The summed E-state index contributed by atoms with van der Waals surface area (Å²) in [6.07, 6.45) is 1.48. The molecule has 2 saturated heterocycles. The molecule has 0 unspecified atom stereocenters. The first-order chi connectivity index (χ1) is 15.9. The van der Waals surface area contributed by atoms with Gasteiger partial charge in [0.15, 0.2) is 11.5 Å². The lowest BCUT2D eigenvalue weighted by atomic mass is 9.95. The van der Waals surface area contributed by atoms with Crippen molar-refractivity contribution in [1.82, 2.24) is 4.90 Å². The standard InChI is InChI=1S/C24H21Cl2NO6/c25-14-4-5-16(17(26)11-14)21-20(23(29)24(30)27(21)12-15-2-1-7-31-15)22(28)13-3-6-18-19(10-13)33-9-8-32-18/h3-6,10-11,15,21,28H,1-2,7-9,12H2/t15-,21-/m0/s1. The fourth-order valence-electron chi connectivity index (χ4n) is 4.47. The molecule has 2 aromatic carbocycles. The average Bonchev–Trinajstić information content (AvgIpc) is 3.41. The van der Waals surface area contributed by atoms with Crippen molar-refractivity contribution in [1.29, 1.82) is 0 Å². The molecule has 2 fully saturated rings. The summed E-state index contributed by atoms with van der Waals surface area (Å²) in [4.78, 5) is 27.7. The van der Waals surface area contributed by atoms with Gasteiger partial charge in [-0.1, -0.05) is 29.3 Å². The fourth-order valence-corrected chi connectivity index (χ4v) is 4.98. The summed E-state index contributed by atoms with van der Waals surface area (Å²) in [5, 5.41) is 12.0. The predicted octanol–water partition coefficient (Wildman–Crippen LogP) is 4.37. The quantitative estimate of drug-likeness (QED) is 0.390. The smallest absolute Gasteiger partial charge is 0.295 e. The third kappa shape index (κ3) is 4.05. The van der Waals surface area contributed by atoms with Gasteiger partial charge in [-0.2, -0.15) is 0 Å². The van der Waals surface area contributed by atoms with Gasteiger partial charge in [0.1, 0.15) is 19.0 Å². The highest BCUT2D eigenvalue weighted by atomic mass is 35.5. The number of hydrogen-bond donors (Lipinski definition) is 1. The molecule has 1 N–H and O–H groups in total. The largest absolute Gasteiger partial charge is 0.507 e. The Kier molecular flexibility index (Phi) is 5.95. The zero-order valence-electron chi connectivity index (χ0n) is 17.6. The van der Waals surface area contributed by atoms with Crippen LogP contribution in [0.4, 0.5) is 0 Å². The van der Waals surface area contributed by atoms with Crippen molar-refractivity contribution in [3.8, 4) is 11.5 Å². The van der Waals surface area contributed by atoms with Gasteiger partial charge in [0, 0.05) is 28.8 Å². The third-order valence-electron chi connectivity index (χ3n) is 6.04. The van der Waals surface area contributed by atoms with Crippen LogP contribution < -0.4 is 9.47 Å². The Morgan fingerprint density at radius 2 is 1.82 bits per heavy atom. The Labute approximate surface area is 200 Å². The topological polar surface area (TPSA) is 85.3 Å². The van der Waals surface area contributed by atoms with Crippen molar-refractivity contribution >= 4 is 40.7 Å². The van der Waals surface area contributed by atoms with Crippen molar-refractivity contribution < 1.29 is 28.9 Å². The molecule has 0 aliphatic carbocycles. The number of aliphatic hydroxyl groups excluding tert-OH is 1. The van der Waals surface area contributed by atoms with Crippen LogP contribution in [-0.2, 0) is 14.3 Å². The van der Waals surface area contributed by atoms with E-state index in [2.05, 4.69) is 0 Å². The number of rotatable bonds is 4. The summed E-state index contributed by atoms with van der Waals surface area (Å²) in [6.45, 7) is 1.63. The SMILES string of the molecule is O=C1C(=O)N(C[C@@H]2CCCO2)[C@@H](c2ccc(Cl)cc2Cl)C1=C(O)c1ccc2c(c1)OCCO2. The molecule has 3 aliphatic rings. The van der Waals surface area contributed by atoms with Gasteiger partial charge in [0.25, 0.3) is 11.7 Å². The summed E-state index contributed by atoms with van der Waals surface area (Å²) in [5.41, 5.74) is 0.792. The first-order valence-electron chi connectivity index (χ1n) is 10.7. The van der Waals surface area contributed by atoms with Crippen molar-refractivity contribution in [2.45, 2.75) is 25.0 Å². The maximum Gasteiger partial charge on any atom is 0.295 e. The molecule has 5 rings (SSSR count). The number of Topliss-reactive ketones (excluding diaryl/α,β-unsaturated/α-hetero) is 1. The molecule has 0 spiro atoms. The van der Waals surface area contributed by atoms with Crippen LogP contribution >= 0.6 is 23.2 Å². The molecule has 0 radical (unpaired) electrons. The monoisotopic (exact) mass is 489 g/mol. The Morgan fingerprint density at radius 3 is 2.55 bits per heavy atom. The van der Waals surface area contributed by atoms with E-state index in [0.29, 0.717) is 52.5 Å². The molecule has 2 atom stereocenters. The molecule has 3 heterocycles. The maximum atomic E-state index is 13.2. The summed E-state index contributed by atoms with van der Waals surface area (Å²) >= 11 is 12.6. The molecule has 172 valence electrons. The molecule has 3 aliphatic heterocycles. The van der Waals surface area contributed by atoms with Crippen molar-refractivity contribution in [3.05, 3.63) is 63.1 Å². The Balaban J connectivity index is 1.63. The number of aliphatic hydroxyl groups is 1. The lowest BCUT2D eigenvalue weighted by Gasteiger charge is -2.28. The molecule has 1 amide bonds. The number of hydrogen-bond acceptors (Lipinski definition) is 6. The first kappa shape index (κ1) is 22.1. The van der Waals surface area contributed by atoms with Crippen LogP contribution in [0.25, 0.3) is 5.76 Å². The molecule has 7 nitrogen and oxygen atoms in total. The van der Waals surface area contributed by atoms with Crippen molar-refractivity contribution in [2.24, 2.45) is 0 Å². The summed E-state index contributed by atoms with van der Waals surface area (Å²) < 4.78 is 16.8. The Morgan fingerprint density at radius 1 is 1.03 bits per heavy atom. The van der Waals surface area contributed by atoms with Gasteiger partial charge in [0.05, 0.1) is 17.7 Å². The van der Waals surface area contributed by atoms with E-state index >= 15 is 0 Å². The van der Waals surface area contributed by atoms with Gasteiger partial charge in [-0.3, -0.25) is 9.59 Å². The van der Waals surface area contributed by atoms with Crippen LogP contribution in [0.15, 0.2) is 42.0 Å². The van der Waals surface area contributed by atoms with Gasteiger partial charge >= 0.3 is 0 Å². The first-order valence-corrected chi connectivity index (χ1v) is 11.4. The van der Waals surface area contributed by atoms with Gasteiger partial charge < -0.3 is 24.2 Å². The lowest BCUT2D eigenvalue weighted by molar-refractivity contribution is -0.140. The van der Waals surface area contributed by atoms with E-state index in [9.17, 15) is 14.7 Å². The second kappa shape index (κ2) is 8.89. The van der Waals surface area contributed by atoms with Gasteiger partial charge in [-0.25, -0.2) is 0 Å². The van der Waals surface area contributed by atoms with E-state index in [1.165, 1.54) is 4.90 Å².